The van der Waals surface area contributed by atoms with Crippen molar-refractivity contribution < 1.29 is 14.4 Å². The molecule has 0 aromatic carbocycles. The van der Waals surface area contributed by atoms with Crippen LogP contribution in [0.5, 0.6) is 0 Å². The molecule has 0 saturated heterocycles. The van der Waals surface area contributed by atoms with E-state index in [0.29, 0.717) is 23.7 Å². The van der Waals surface area contributed by atoms with Crippen molar-refractivity contribution in [2.24, 2.45) is 34.2 Å². The van der Waals surface area contributed by atoms with Crippen molar-refractivity contribution >= 4 is 11.7 Å². The summed E-state index contributed by atoms with van der Waals surface area (Å²) >= 11 is 0. The van der Waals surface area contributed by atoms with E-state index in [0.717, 1.165) is 44.2 Å². The fraction of sp³-hybridized carbons (Fsp3) is 0.667. The van der Waals surface area contributed by atoms with Gasteiger partial charge in [-0.25, -0.2) is 0 Å². The Bertz CT molecular complexity index is 788. The Labute approximate surface area is 168 Å². The molecule has 0 amide bonds. The first-order valence-corrected chi connectivity index (χ1v) is 10.7. The summed E-state index contributed by atoms with van der Waals surface area (Å²) in [5.41, 5.74) is 1.59. The number of terminal acetylenes is 1. The van der Waals surface area contributed by atoms with Gasteiger partial charge in [0.1, 0.15) is 7.11 Å². The second kappa shape index (κ2) is 7.10. The Balaban J connectivity index is 1.65. The van der Waals surface area contributed by atoms with Crippen molar-refractivity contribution in [1.29, 1.82) is 0 Å². The predicted molar refractivity (Wildman–Crippen MR) is 109 cm³/mol. The van der Waals surface area contributed by atoms with Crippen LogP contribution in [0.2, 0.25) is 0 Å². The molecule has 4 nitrogen and oxygen atoms in total. The molecule has 0 aromatic rings. The zero-order valence-corrected chi connectivity index (χ0v) is 17.2. The number of carbonyl (C=O) groups is 1. The molecule has 6 atom stereocenters. The predicted octanol–water partition coefficient (Wildman–Crippen LogP) is 4.66. The number of rotatable bonds is 3. The fourth-order valence-electron chi connectivity index (χ4n) is 6.95. The van der Waals surface area contributed by atoms with E-state index in [1.54, 1.807) is 12.7 Å². The molecular formula is C24H31NO3. The maximum absolute atomic E-state index is 11.9. The van der Waals surface area contributed by atoms with Crippen LogP contribution in [-0.2, 0) is 14.4 Å². The average molecular weight is 382 g/mol. The summed E-state index contributed by atoms with van der Waals surface area (Å²) in [4.78, 5) is 16.9. The van der Waals surface area contributed by atoms with Crippen LogP contribution in [-0.4, -0.2) is 24.4 Å². The molecule has 0 aromatic heterocycles. The first-order valence-electron chi connectivity index (χ1n) is 10.7. The van der Waals surface area contributed by atoms with E-state index in [-0.39, 0.29) is 11.4 Å². The number of hydrogen-bond acceptors (Lipinski definition) is 4. The number of fused-ring (bicyclic) bond motifs is 5. The lowest BCUT2D eigenvalue weighted by molar-refractivity contribution is -0.165. The summed E-state index contributed by atoms with van der Waals surface area (Å²) in [5, 5.41) is 4.17. The number of ether oxygens (including phenoxy) is 1. The van der Waals surface area contributed by atoms with Crippen LogP contribution < -0.4 is 0 Å². The summed E-state index contributed by atoms with van der Waals surface area (Å²) in [6.07, 6.45) is 20.1. The zero-order chi connectivity index (χ0) is 19.9. The van der Waals surface area contributed by atoms with Gasteiger partial charge < -0.3 is 9.57 Å². The van der Waals surface area contributed by atoms with Crippen molar-refractivity contribution in [1.82, 2.24) is 0 Å². The minimum Gasteiger partial charge on any atom is -0.442 e. The van der Waals surface area contributed by atoms with Gasteiger partial charge in [-0.15, -0.1) is 6.42 Å². The summed E-state index contributed by atoms with van der Waals surface area (Å²) in [5.74, 6) is 4.94. The Morgan fingerprint density at radius 3 is 2.82 bits per heavy atom. The molecule has 4 aliphatic carbocycles. The van der Waals surface area contributed by atoms with Gasteiger partial charge in [-0.1, -0.05) is 29.6 Å². The number of esters is 1. The minimum atomic E-state index is -0.885. The quantitative estimate of drug-likeness (QED) is 0.309. The lowest BCUT2D eigenvalue weighted by Gasteiger charge is -2.56. The second-order valence-corrected chi connectivity index (χ2v) is 8.90. The lowest BCUT2D eigenvalue weighted by atomic mass is 9.49. The molecule has 0 spiro atoms. The van der Waals surface area contributed by atoms with Crippen LogP contribution in [0.15, 0.2) is 29.0 Å². The van der Waals surface area contributed by atoms with Gasteiger partial charge in [0.25, 0.3) is 0 Å². The summed E-state index contributed by atoms with van der Waals surface area (Å²) < 4.78 is 5.84. The molecule has 150 valence electrons. The van der Waals surface area contributed by atoms with Gasteiger partial charge >= 0.3 is 5.97 Å². The van der Waals surface area contributed by atoms with Crippen LogP contribution in [0.4, 0.5) is 0 Å². The summed E-state index contributed by atoms with van der Waals surface area (Å²) in [6, 6.07) is 0. The van der Waals surface area contributed by atoms with Crippen molar-refractivity contribution in [3.8, 4) is 12.3 Å². The Hall–Kier alpha value is -2.02. The molecule has 0 bridgehead atoms. The Morgan fingerprint density at radius 2 is 2.14 bits per heavy atom. The van der Waals surface area contributed by atoms with Gasteiger partial charge in [-0.05, 0) is 80.8 Å². The molecular weight excluding hydrogens is 350 g/mol. The molecule has 4 aliphatic rings. The number of carbonyl (C=O) groups excluding carboxylic acids is 1. The molecule has 0 heterocycles. The number of nitrogens with zero attached hydrogens (tertiary/aromatic N) is 1. The Kier molecular flexibility index (Phi) is 4.89. The van der Waals surface area contributed by atoms with Gasteiger partial charge in [-0.2, -0.15) is 0 Å². The van der Waals surface area contributed by atoms with Crippen LogP contribution in [0, 0.1) is 41.4 Å². The molecule has 2 fully saturated rings. The minimum absolute atomic E-state index is 0.160. The third-order valence-electron chi connectivity index (χ3n) is 8.03. The van der Waals surface area contributed by atoms with Crippen LogP contribution in [0.3, 0.4) is 0 Å². The number of oxime groups is 1. The summed E-state index contributed by atoms with van der Waals surface area (Å²) in [6.45, 7) is 3.67. The molecule has 0 unspecified atom stereocenters. The van der Waals surface area contributed by atoms with Gasteiger partial charge in [0.2, 0.25) is 0 Å². The third kappa shape index (κ3) is 2.66. The van der Waals surface area contributed by atoms with E-state index < -0.39 is 5.60 Å². The SMILES string of the molecule is C#C[C@]1(OC(C)=O)C=C[C@H]2[C@@H]3CCC4=C/C(=N\OC)CC[C@@H]4[C@H]3CC[C@@]21CC. The van der Waals surface area contributed by atoms with Crippen LogP contribution in [0.25, 0.3) is 0 Å². The molecule has 4 heteroatoms. The molecule has 0 radical (unpaired) electrons. The van der Waals surface area contributed by atoms with Gasteiger partial charge in [0.15, 0.2) is 5.60 Å². The Morgan fingerprint density at radius 1 is 1.32 bits per heavy atom. The monoisotopic (exact) mass is 381 g/mol. The van der Waals surface area contributed by atoms with Crippen LogP contribution >= 0.6 is 0 Å². The maximum atomic E-state index is 11.9. The topological polar surface area (TPSA) is 47.9 Å². The van der Waals surface area contributed by atoms with Crippen molar-refractivity contribution in [2.45, 2.75) is 64.4 Å². The van der Waals surface area contributed by atoms with E-state index in [4.69, 9.17) is 16.0 Å². The molecule has 0 N–H and O–H groups in total. The normalized spacial score (nSPS) is 42.6. The van der Waals surface area contributed by atoms with Crippen molar-refractivity contribution in [3.63, 3.8) is 0 Å². The smallest absolute Gasteiger partial charge is 0.304 e. The highest BCUT2D eigenvalue weighted by molar-refractivity contribution is 5.96. The largest absolute Gasteiger partial charge is 0.442 e. The molecule has 4 rings (SSSR count). The highest BCUT2D eigenvalue weighted by Gasteiger charge is 2.63. The summed E-state index contributed by atoms with van der Waals surface area (Å²) in [7, 11) is 1.62. The van der Waals surface area contributed by atoms with Gasteiger partial charge in [0, 0.05) is 12.3 Å². The van der Waals surface area contributed by atoms with E-state index in [1.807, 2.05) is 6.08 Å². The average Bonchev–Trinajstić information content (AvgIpc) is 3.02. The van der Waals surface area contributed by atoms with Crippen molar-refractivity contribution in [3.05, 3.63) is 23.8 Å². The molecule has 28 heavy (non-hydrogen) atoms. The van der Waals surface area contributed by atoms with E-state index >= 15 is 0 Å². The number of hydrogen-bond donors (Lipinski definition) is 0. The standard InChI is InChI=1S/C24H31NO3/c1-5-23-13-11-20-19-10-8-18(25-27-4)15-17(19)7-9-21(20)22(23)12-14-24(23,6-2)28-16(3)26/h2,12,14-15,19-22H,5,7-11,13H2,1,3-4H3/b25-18-/t19-,20+,21+,22-,23-,24-/m0/s1. The van der Waals surface area contributed by atoms with Crippen molar-refractivity contribution in [2.75, 3.05) is 7.11 Å². The zero-order valence-electron chi connectivity index (χ0n) is 17.2. The molecule has 0 aliphatic heterocycles. The highest BCUT2D eigenvalue weighted by atomic mass is 16.6. The highest BCUT2D eigenvalue weighted by Crippen LogP contribution is 2.64. The molecule has 2 saturated carbocycles. The van der Waals surface area contributed by atoms with E-state index in [2.05, 4.69) is 30.2 Å². The first-order chi connectivity index (χ1) is 13.5. The fourth-order valence-corrected chi connectivity index (χ4v) is 6.95. The maximum Gasteiger partial charge on any atom is 0.304 e. The van der Waals surface area contributed by atoms with Crippen LogP contribution in [0.1, 0.15) is 58.8 Å². The van der Waals surface area contributed by atoms with Gasteiger partial charge in [0.05, 0.1) is 5.71 Å². The number of allylic oxidation sites excluding steroid dienone is 3. The van der Waals surface area contributed by atoms with E-state index in [9.17, 15) is 4.79 Å². The second-order valence-electron chi connectivity index (χ2n) is 8.90. The van der Waals surface area contributed by atoms with E-state index in [1.165, 1.54) is 13.3 Å². The lowest BCUT2D eigenvalue weighted by Crippen LogP contribution is -2.55. The third-order valence-corrected chi connectivity index (χ3v) is 8.03. The van der Waals surface area contributed by atoms with Gasteiger partial charge in [-0.3, -0.25) is 4.79 Å². The first kappa shape index (κ1) is 19.3.